The first kappa shape index (κ1) is 26.5. The molecule has 0 saturated carbocycles. The average Bonchev–Trinajstić information content (AvgIpc) is 2.88. The molecular weight excluding hydrogens is 456 g/mol. The van der Waals surface area contributed by atoms with Gasteiger partial charge in [-0.25, -0.2) is 9.97 Å². The van der Waals surface area contributed by atoms with Gasteiger partial charge in [0, 0.05) is 44.5 Å². The van der Waals surface area contributed by atoms with E-state index in [0.29, 0.717) is 55.5 Å². The lowest BCUT2D eigenvalue weighted by molar-refractivity contribution is -0.0533. The standard InChI is InChI=1S/C28H40N4O4/c1-19-25(29-18-30-26(19)36-16-20-6-8-21(9-7-20)28(2,3)4)27(33)32-13-10-22(11-14-32)31-23-12-15-35-17-24(23)34-5/h6-9,18,22-24,31H,10-17H2,1-5H3. The minimum Gasteiger partial charge on any atom is -0.473 e. The molecule has 2 fully saturated rings. The Balaban J connectivity index is 1.32. The molecule has 3 heterocycles. The van der Waals surface area contributed by atoms with Gasteiger partial charge in [-0.3, -0.25) is 4.79 Å². The molecule has 2 unspecified atom stereocenters. The van der Waals surface area contributed by atoms with E-state index in [9.17, 15) is 4.79 Å². The third kappa shape index (κ3) is 6.41. The molecule has 2 saturated heterocycles. The molecule has 4 rings (SSSR count). The van der Waals surface area contributed by atoms with Gasteiger partial charge < -0.3 is 24.4 Å². The zero-order valence-electron chi connectivity index (χ0n) is 22.3. The third-order valence-electron chi connectivity index (χ3n) is 7.27. The van der Waals surface area contributed by atoms with Gasteiger partial charge in [0.2, 0.25) is 5.88 Å². The first-order valence-electron chi connectivity index (χ1n) is 13.0. The number of ether oxygens (including phenoxy) is 3. The quantitative estimate of drug-likeness (QED) is 0.626. The Hall–Kier alpha value is -2.55. The summed E-state index contributed by atoms with van der Waals surface area (Å²) < 4.78 is 17.1. The van der Waals surface area contributed by atoms with Crippen molar-refractivity contribution >= 4 is 5.91 Å². The summed E-state index contributed by atoms with van der Waals surface area (Å²) in [5, 5.41) is 3.73. The number of benzene rings is 1. The number of likely N-dealkylation sites (tertiary alicyclic amines) is 1. The maximum absolute atomic E-state index is 13.3. The number of rotatable bonds is 7. The Bertz CT molecular complexity index is 1010. The Morgan fingerprint density at radius 3 is 2.53 bits per heavy atom. The van der Waals surface area contributed by atoms with Crippen molar-refractivity contribution in [1.29, 1.82) is 0 Å². The van der Waals surface area contributed by atoms with Crippen molar-refractivity contribution < 1.29 is 19.0 Å². The van der Waals surface area contributed by atoms with Crippen LogP contribution in [-0.2, 0) is 21.5 Å². The van der Waals surface area contributed by atoms with E-state index in [4.69, 9.17) is 14.2 Å². The molecule has 1 N–H and O–H groups in total. The van der Waals surface area contributed by atoms with E-state index in [1.165, 1.54) is 11.9 Å². The van der Waals surface area contributed by atoms with Crippen molar-refractivity contribution in [3.8, 4) is 5.88 Å². The average molecular weight is 497 g/mol. The van der Waals surface area contributed by atoms with Gasteiger partial charge in [0.1, 0.15) is 18.6 Å². The highest BCUT2D eigenvalue weighted by molar-refractivity contribution is 5.94. The van der Waals surface area contributed by atoms with Crippen LogP contribution >= 0.6 is 0 Å². The molecule has 1 aromatic carbocycles. The van der Waals surface area contributed by atoms with Crippen LogP contribution in [0.2, 0.25) is 0 Å². The van der Waals surface area contributed by atoms with E-state index in [1.807, 2.05) is 11.8 Å². The summed E-state index contributed by atoms with van der Waals surface area (Å²) in [6.45, 7) is 11.6. The lowest BCUT2D eigenvalue weighted by atomic mass is 9.87. The molecule has 2 aromatic rings. The molecular formula is C28H40N4O4. The van der Waals surface area contributed by atoms with Gasteiger partial charge in [0.15, 0.2) is 0 Å². The monoisotopic (exact) mass is 496 g/mol. The fourth-order valence-corrected chi connectivity index (χ4v) is 4.88. The maximum atomic E-state index is 13.3. The molecule has 0 bridgehead atoms. The molecule has 2 aliphatic rings. The second-order valence-corrected chi connectivity index (χ2v) is 10.9. The predicted octanol–water partition coefficient (Wildman–Crippen LogP) is 3.66. The number of nitrogens with one attached hydrogen (secondary N) is 1. The lowest BCUT2D eigenvalue weighted by Crippen LogP contribution is -2.54. The van der Waals surface area contributed by atoms with Crippen molar-refractivity contribution in [3.05, 3.63) is 53.0 Å². The topological polar surface area (TPSA) is 85.8 Å². The van der Waals surface area contributed by atoms with Crippen LogP contribution in [-0.4, -0.2) is 72.4 Å². The molecule has 0 spiro atoms. The van der Waals surface area contributed by atoms with Crippen LogP contribution in [0.1, 0.15) is 67.2 Å². The molecule has 0 aliphatic carbocycles. The van der Waals surface area contributed by atoms with Crippen molar-refractivity contribution in [3.63, 3.8) is 0 Å². The van der Waals surface area contributed by atoms with Crippen LogP contribution < -0.4 is 10.1 Å². The second-order valence-electron chi connectivity index (χ2n) is 10.9. The predicted molar refractivity (Wildman–Crippen MR) is 138 cm³/mol. The number of carbonyl (C=O) groups is 1. The van der Waals surface area contributed by atoms with Gasteiger partial charge >= 0.3 is 0 Å². The zero-order valence-corrected chi connectivity index (χ0v) is 22.3. The summed E-state index contributed by atoms with van der Waals surface area (Å²) in [4.78, 5) is 23.8. The van der Waals surface area contributed by atoms with E-state index >= 15 is 0 Å². The van der Waals surface area contributed by atoms with Crippen LogP contribution in [0.4, 0.5) is 0 Å². The number of hydrogen-bond donors (Lipinski definition) is 1. The van der Waals surface area contributed by atoms with Crippen molar-refractivity contribution in [2.45, 2.75) is 77.2 Å². The maximum Gasteiger partial charge on any atom is 0.272 e. The highest BCUT2D eigenvalue weighted by atomic mass is 16.5. The molecule has 36 heavy (non-hydrogen) atoms. The van der Waals surface area contributed by atoms with Crippen LogP contribution in [0.5, 0.6) is 5.88 Å². The molecule has 8 heteroatoms. The van der Waals surface area contributed by atoms with Crippen LogP contribution in [0.15, 0.2) is 30.6 Å². The summed E-state index contributed by atoms with van der Waals surface area (Å²) in [6.07, 6.45) is 4.25. The van der Waals surface area contributed by atoms with Crippen LogP contribution in [0.3, 0.4) is 0 Å². The largest absolute Gasteiger partial charge is 0.473 e. The minimum absolute atomic E-state index is 0.0615. The molecule has 2 atom stereocenters. The number of carbonyl (C=O) groups excluding carboxylic acids is 1. The van der Waals surface area contributed by atoms with Crippen molar-refractivity contribution in [1.82, 2.24) is 20.2 Å². The number of nitrogens with zero attached hydrogens (tertiary/aromatic N) is 3. The Kier molecular flexibility index (Phi) is 8.59. The van der Waals surface area contributed by atoms with Crippen LogP contribution in [0, 0.1) is 6.92 Å². The summed E-state index contributed by atoms with van der Waals surface area (Å²) in [6, 6.07) is 9.09. The van der Waals surface area contributed by atoms with Crippen LogP contribution in [0.25, 0.3) is 0 Å². The Labute approximate surface area is 214 Å². The Morgan fingerprint density at radius 2 is 1.86 bits per heavy atom. The van der Waals surface area contributed by atoms with E-state index in [2.05, 4.69) is 60.3 Å². The summed E-state index contributed by atoms with van der Waals surface area (Å²) in [7, 11) is 1.74. The number of hydrogen-bond acceptors (Lipinski definition) is 7. The van der Waals surface area contributed by atoms with Gasteiger partial charge in [-0.05, 0) is 42.7 Å². The van der Waals surface area contributed by atoms with Crippen molar-refractivity contribution in [2.24, 2.45) is 0 Å². The lowest BCUT2D eigenvalue weighted by Gasteiger charge is -2.38. The van der Waals surface area contributed by atoms with E-state index in [1.54, 1.807) is 7.11 Å². The fourth-order valence-electron chi connectivity index (χ4n) is 4.88. The SMILES string of the molecule is COC1COCCC1NC1CCN(C(=O)c2ncnc(OCc3ccc(C(C)(C)C)cc3)c2C)CC1. The highest BCUT2D eigenvalue weighted by Gasteiger charge is 2.31. The summed E-state index contributed by atoms with van der Waals surface area (Å²) in [5.41, 5.74) is 3.54. The summed E-state index contributed by atoms with van der Waals surface area (Å²) >= 11 is 0. The van der Waals surface area contributed by atoms with E-state index < -0.39 is 0 Å². The van der Waals surface area contributed by atoms with Gasteiger partial charge in [-0.1, -0.05) is 45.0 Å². The minimum atomic E-state index is -0.0615. The van der Waals surface area contributed by atoms with Crippen molar-refractivity contribution in [2.75, 3.05) is 33.4 Å². The third-order valence-corrected chi connectivity index (χ3v) is 7.27. The number of piperidine rings is 1. The zero-order chi connectivity index (χ0) is 25.7. The fraction of sp³-hybridized carbons (Fsp3) is 0.607. The smallest absolute Gasteiger partial charge is 0.272 e. The first-order chi connectivity index (χ1) is 17.3. The Morgan fingerprint density at radius 1 is 1.14 bits per heavy atom. The summed E-state index contributed by atoms with van der Waals surface area (Å²) in [5.74, 6) is 0.392. The second kappa shape index (κ2) is 11.7. The van der Waals surface area contributed by atoms with Gasteiger partial charge in [-0.15, -0.1) is 0 Å². The van der Waals surface area contributed by atoms with E-state index in [0.717, 1.165) is 31.4 Å². The highest BCUT2D eigenvalue weighted by Crippen LogP contribution is 2.24. The number of amides is 1. The molecule has 1 aromatic heterocycles. The van der Waals surface area contributed by atoms with E-state index in [-0.39, 0.29) is 17.4 Å². The molecule has 8 nitrogen and oxygen atoms in total. The number of aromatic nitrogens is 2. The molecule has 196 valence electrons. The van der Waals surface area contributed by atoms with Gasteiger partial charge in [0.25, 0.3) is 5.91 Å². The van der Waals surface area contributed by atoms with Gasteiger partial charge in [0.05, 0.1) is 12.7 Å². The molecule has 2 aliphatic heterocycles. The van der Waals surface area contributed by atoms with Gasteiger partial charge in [-0.2, -0.15) is 0 Å². The molecule has 1 amide bonds. The number of methoxy groups -OCH3 is 1. The normalized spacial score (nSPS) is 21.4. The molecule has 0 radical (unpaired) electrons. The first-order valence-corrected chi connectivity index (χ1v) is 13.0.